The molecule has 0 amide bonds. The minimum Gasteiger partial charge on any atom is -0.224 e. The average Bonchev–Trinajstić information content (AvgIpc) is 3.10. The molecular formula is C10H2N10. The van der Waals surface area contributed by atoms with Gasteiger partial charge in [-0.15, -0.1) is 10.2 Å². The Balaban J connectivity index is 2.37. The zero-order valence-corrected chi connectivity index (χ0v) is 9.63. The monoisotopic (exact) mass is 262 g/mol. The van der Waals surface area contributed by atoms with Crippen molar-refractivity contribution in [3.05, 3.63) is 0 Å². The van der Waals surface area contributed by atoms with E-state index in [1.165, 1.54) is 0 Å². The fraction of sp³-hybridized carbons (Fsp3) is 0.200. The molecule has 20 heavy (non-hydrogen) atoms. The summed E-state index contributed by atoms with van der Waals surface area (Å²) in [5.74, 6) is -3.90. The third kappa shape index (κ3) is 2.01. The van der Waals surface area contributed by atoms with Gasteiger partial charge >= 0.3 is 11.6 Å². The number of nitriles is 4. The summed E-state index contributed by atoms with van der Waals surface area (Å²) >= 11 is 0. The van der Waals surface area contributed by atoms with E-state index in [0.29, 0.717) is 0 Å². The molecule has 2 heterocycles. The second-order valence-corrected chi connectivity index (χ2v) is 3.43. The molecule has 2 aliphatic heterocycles. The van der Waals surface area contributed by atoms with E-state index in [0.717, 1.165) is 12.4 Å². The molecule has 10 heteroatoms. The van der Waals surface area contributed by atoms with Crippen LogP contribution in [0.5, 0.6) is 0 Å². The number of nitrogens with zero attached hydrogens (tertiary/aromatic N) is 10. The average molecular weight is 262 g/mol. The minimum atomic E-state index is -1.95. The van der Waals surface area contributed by atoms with Crippen LogP contribution in [0.3, 0.4) is 0 Å². The lowest BCUT2D eigenvalue weighted by Crippen LogP contribution is -2.20. The molecule has 2 atom stereocenters. The second kappa shape index (κ2) is 4.49. The van der Waals surface area contributed by atoms with Gasteiger partial charge in [0.15, 0.2) is 11.4 Å². The van der Waals surface area contributed by atoms with Crippen molar-refractivity contribution in [2.24, 2.45) is 30.2 Å². The Morgan fingerprint density at radius 1 is 0.800 bits per heavy atom. The highest BCUT2D eigenvalue weighted by atomic mass is 15.4. The SMILES string of the molecule is N#CC1=NC(C#N)(/N=N/C2(C#N)N=CC(C#N)=N2)N=C1. The van der Waals surface area contributed by atoms with Gasteiger partial charge in [0, 0.05) is 0 Å². The number of azo groups is 1. The molecule has 0 radical (unpaired) electrons. The number of aliphatic imine (C=N–C) groups is 4. The molecule has 92 valence electrons. The first-order chi connectivity index (χ1) is 9.61. The van der Waals surface area contributed by atoms with E-state index in [1.54, 1.807) is 24.3 Å². The molecule has 0 aromatic carbocycles. The van der Waals surface area contributed by atoms with Crippen molar-refractivity contribution in [3.8, 4) is 24.3 Å². The third-order valence-electron chi connectivity index (χ3n) is 2.14. The smallest absolute Gasteiger partial charge is 0.224 e. The van der Waals surface area contributed by atoms with Gasteiger partial charge in [-0.1, -0.05) is 0 Å². The van der Waals surface area contributed by atoms with Gasteiger partial charge in [-0.2, -0.15) is 21.0 Å². The zero-order valence-electron chi connectivity index (χ0n) is 9.63. The summed E-state index contributed by atoms with van der Waals surface area (Å²) in [6, 6.07) is 6.73. The highest BCUT2D eigenvalue weighted by Crippen LogP contribution is 2.24. The maximum absolute atomic E-state index is 9.02. The maximum atomic E-state index is 9.02. The van der Waals surface area contributed by atoms with Crippen LogP contribution in [0.25, 0.3) is 0 Å². The minimum absolute atomic E-state index is 0.0901. The molecule has 10 nitrogen and oxygen atoms in total. The second-order valence-electron chi connectivity index (χ2n) is 3.43. The summed E-state index contributed by atoms with van der Waals surface area (Å²) in [6.07, 6.45) is 2.15. The van der Waals surface area contributed by atoms with E-state index < -0.39 is 11.6 Å². The van der Waals surface area contributed by atoms with E-state index in [9.17, 15) is 0 Å². The van der Waals surface area contributed by atoms with Crippen molar-refractivity contribution in [2.45, 2.75) is 11.6 Å². The molecule has 0 saturated heterocycles. The van der Waals surface area contributed by atoms with Crippen molar-refractivity contribution in [3.63, 3.8) is 0 Å². The van der Waals surface area contributed by atoms with Crippen molar-refractivity contribution in [1.82, 2.24) is 0 Å². The van der Waals surface area contributed by atoms with Gasteiger partial charge in [0.1, 0.15) is 24.3 Å². The fourth-order valence-electron chi connectivity index (χ4n) is 1.25. The summed E-state index contributed by atoms with van der Waals surface area (Å²) in [6.45, 7) is 0. The van der Waals surface area contributed by atoms with Gasteiger partial charge in [0.05, 0.1) is 12.4 Å². The normalized spacial score (nSPS) is 30.2. The van der Waals surface area contributed by atoms with Crippen LogP contribution in [0.2, 0.25) is 0 Å². The highest BCUT2D eigenvalue weighted by molar-refractivity contribution is 6.39. The number of hydrogen-bond donors (Lipinski definition) is 0. The Labute approximate surface area is 112 Å². The lowest BCUT2D eigenvalue weighted by Gasteiger charge is -2.09. The van der Waals surface area contributed by atoms with Crippen LogP contribution in [0, 0.1) is 45.3 Å². The summed E-state index contributed by atoms with van der Waals surface area (Å²) in [7, 11) is 0. The predicted molar refractivity (Wildman–Crippen MR) is 64.6 cm³/mol. The topological polar surface area (TPSA) is 169 Å². The molecule has 0 saturated carbocycles. The van der Waals surface area contributed by atoms with Crippen molar-refractivity contribution in [2.75, 3.05) is 0 Å². The first-order valence-electron chi connectivity index (χ1n) is 4.98. The third-order valence-corrected chi connectivity index (χ3v) is 2.14. The van der Waals surface area contributed by atoms with E-state index in [4.69, 9.17) is 21.0 Å². The molecule has 2 unspecified atom stereocenters. The molecular weight excluding hydrogens is 260 g/mol. The van der Waals surface area contributed by atoms with Gasteiger partial charge in [0.25, 0.3) is 0 Å². The fourth-order valence-corrected chi connectivity index (χ4v) is 1.25. The van der Waals surface area contributed by atoms with Crippen LogP contribution in [0.15, 0.2) is 30.2 Å². The largest absolute Gasteiger partial charge is 0.354 e. The molecule has 0 N–H and O–H groups in total. The Kier molecular flexibility index (Phi) is 2.85. The first-order valence-corrected chi connectivity index (χ1v) is 4.98. The van der Waals surface area contributed by atoms with E-state index in [-0.39, 0.29) is 11.4 Å². The van der Waals surface area contributed by atoms with E-state index in [1.807, 2.05) is 0 Å². The van der Waals surface area contributed by atoms with Gasteiger partial charge in [-0.05, 0) is 0 Å². The van der Waals surface area contributed by atoms with Gasteiger partial charge < -0.3 is 0 Å². The van der Waals surface area contributed by atoms with Crippen LogP contribution in [0.4, 0.5) is 0 Å². The summed E-state index contributed by atoms with van der Waals surface area (Å²) in [5.41, 5.74) is -0.180. The lowest BCUT2D eigenvalue weighted by molar-refractivity contribution is 0.502. The van der Waals surface area contributed by atoms with E-state index >= 15 is 0 Å². The van der Waals surface area contributed by atoms with Gasteiger partial charge in [-0.3, -0.25) is 0 Å². The van der Waals surface area contributed by atoms with Crippen LogP contribution in [-0.4, -0.2) is 35.4 Å². The van der Waals surface area contributed by atoms with Crippen LogP contribution >= 0.6 is 0 Å². The van der Waals surface area contributed by atoms with E-state index in [2.05, 4.69) is 30.2 Å². The van der Waals surface area contributed by atoms with Crippen LogP contribution < -0.4 is 0 Å². The molecule has 2 aliphatic rings. The molecule has 0 fully saturated rings. The first kappa shape index (κ1) is 12.7. The highest BCUT2D eigenvalue weighted by Gasteiger charge is 2.37. The molecule has 0 aromatic rings. The standard InChI is InChI=1S/C10H2N10/c11-1-7-3-15-9(5-13,17-7)19-20-10(6-14)16-4-8(2-12)18-10/h3-4H/b20-19+. The Hall–Kier alpha value is -3.76. The molecule has 0 spiro atoms. The van der Waals surface area contributed by atoms with Crippen LogP contribution in [-0.2, 0) is 0 Å². The Morgan fingerprint density at radius 3 is 1.45 bits per heavy atom. The quantitative estimate of drug-likeness (QED) is 0.632. The van der Waals surface area contributed by atoms with Crippen LogP contribution in [0.1, 0.15) is 0 Å². The summed E-state index contributed by atoms with van der Waals surface area (Å²) in [5, 5.41) is 42.4. The molecule has 0 bridgehead atoms. The number of rotatable bonds is 2. The summed E-state index contributed by atoms with van der Waals surface area (Å²) in [4.78, 5) is 14.6. The maximum Gasteiger partial charge on any atom is 0.354 e. The molecule has 2 rings (SSSR count). The Morgan fingerprint density at radius 2 is 1.20 bits per heavy atom. The Bertz CT molecular complexity index is 705. The zero-order chi connectivity index (χ0) is 14.6. The van der Waals surface area contributed by atoms with Gasteiger partial charge in [0.2, 0.25) is 0 Å². The lowest BCUT2D eigenvalue weighted by atomic mass is 10.4. The van der Waals surface area contributed by atoms with Crippen molar-refractivity contribution >= 4 is 23.9 Å². The molecule has 0 aliphatic carbocycles. The molecule has 0 aromatic heterocycles. The summed E-state index contributed by atoms with van der Waals surface area (Å²) < 4.78 is 0. The number of hydrogen-bond acceptors (Lipinski definition) is 10. The predicted octanol–water partition coefficient (Wildman–Crippen LogP) is -0.109. The van der Waals surface area contributed by atoms with Gasteiger partial charge in [-0.25, -0.2) is 20.0 Å². The van der Waals surface area contributed by atoms with Crippen molar-refractivity contribution < 1.29 is 0 Å². The van der Waals surface area contributed by atoms with Crippen molar-refractivity contribution in [1.29, 1.82) is 21.0 Å².